The monoisotopic (exact) mass is 333 g/mol. The fraction of sp³-hybridized carbons (Fsp3) is 0.222. The van der Waals surface area contributed by atoms with E-state index in [1.807, 2.05) is 24.3 Å². The molecule has 1 aliphatic carbocycles. The van der Waals surface area contributed by atoms with Crippen LogP contribution in [0.3, 0.4) is 0 Å². The van der Waals surface area contributed by atoms with E-state index in [1.54, 1.807) is 0 Å². The molecule has 0 saturated heterocycles. The minimum absolute atomic E-state index is 0.101. The minimum Gasteiger partial charge on any atom is -0.376 e. The quantitative estimate of drug-likeness (QED) is 0.635. The van der Waals surface area contributed by atoms with E-state index in [2.05, 4.69) is 17.5 Å². The third-order valence-corrected chi connectivity index (χ3v) is 5.46. The molecule has 2 aromatic carbocycles. The summed E-state index contributed by atoms with van der Waals surface area (Å²) >= 11 is 12.6. The maximum absolute atomic E-state index is 13.2. The standard InChI is InChI=1S/C18H14Cl2FN/c19-15-9-8-14-12-2-1-3-13(12)17(22-18(14)16(15)20)10-4-6-11(21)7-5-10/h1-2,4-9,12-13,17,22H,3H2/t12-,13-,17-/m1/s1. The van der Waals surface area contributed by atoms with E-state index in [0.717, 1.165) is 17.7 Å². The highest BCUT2D eigenvalue weighted by molar-refractivity contribution is 6.43. The number of anilines is 1. The average Bonchev–Trinajstić information content (AvgIpc) is 3.01. The van der Waals surface area contributed by atoms with Crippen LogP contribution in [0.4, 0.5) is 10.1 Å². The van der Waals surface area contributed by atoms with Crippen molar-refractivity contribution in [3.05, 3.63) is 75.5 Å². The van der Waals surface area contributed by atoms with Gasteiger partial charge >= 0.3 is 0 Å². The lowest BCUT2D eigenvalue weighted by atomic mass is 9.77. The summed E-state index contributed by atoms with van der Waals surface area (Å²) in [5.41, 5.74) is 3.16. The molecule has 4 rings (SSSR count). The van der Waals surface area contributed by atoms with Gasteiger partial charge in [-0.15, -0.1) is 0 Å². The molecule has 0 amide bonds. The molecule has 0 bridgehead atoms. The van der Waals surface area contributed by atoms with Crippen LogP contribution in [0.1, 0.15) is 29.5 Å². The molecule has 4 heteroatoms. The normalized spacial score (nSPS) is 25.5. The molecule has 0 radical (unpaired) electrons. The topological polar surface area (TPSA) is 12.0 Å². The summed E-state index contributed by atoms with van der Waals surface area (Å²) < 4.78 is 13.2. The van der Waals surface area contributed by atoms with Crippen molar-refractivity contribution >= 4 is 28.9 Å². The molecule has 1 heterocycles. The van der Waals surface area contributed by atoms with Gasteiger partial charge in [0.1, 0.15) is 5.82 Å². The third kappa shape index (κ3) is 2.13. The molecule has 2 aliphatic rings. The van der Waals surface area contributed by atoms with Crippen molar-refractivity contribution in [2.24, 2.45) is 5.92 Å². The van der Waals surface area contributed by atoms with Crippen LogP contribution in [0.5, 0.6) is 0 Å². The number of hydrogen-bond acceptors (Lipinski definition) is 1. The Balaban J connectivity index is 1.82. The first-order valence-electron chi connectivity index (χ1n) is 7.31. The molecule has 0 spiro atoms. The largest absolute Gasteiger partial charge is 0.376 e. The number of rotatable bonds is 1. The molecular formula is C18H14Cl2FN. The number of allylic oxidation sites excluding steroid dienone is 2. The second-order valence-electron chi connectivity index (χ2n) is 5.85. The highest BCUT2D eigenvalue weighted by Crippen LogP contribution is 2.52. The third-order valence-electron chi connectivity index (χ3n) is 4.66. The maximum Gasteiger partial charge on any atom is 0.123 e. The van der Waals surface area contributed by atoms with Gasteiger partial charge in [0.2, 0.25) is 0 Å². The van der Waals surface area contributed by atoms with Crippen LogP contribution in [0.25, 0.3) is 0 Å². The van der Waals surface area contributed by atoms with Crippen LogP contribution in [-0.4, -0.2) is 0 Å². The van der Waals surface area contributed by atoms with Crippen LogP contribution in [0.15, 0.2) is 48.6 Å². The number of fused-ring (bicyclic) bond motifs is 3. The van der Waals surface area contributed by atoms with Gasteiger partial charge in [0.05, 0.1) is 21.8 Å². The molecule has 3 atom stereocenters. The minimum atomic E-state index is -0.220. The summed E-state index contributed by atoms with van der Waals surface area (Å²) in [7, 11) is 0. The van der Waals surface area contributed by atoms with E-state index >= 15 is 0 Å². The van der Waals surface area contributed by atoms with Gasteiger partial charge < -0.3 is 5.32 Å². The molecule has 22 heavy (non-hydrogen) atoms. The van der Waals surface area contributed by atoms with Crippen LogP contribution in [0.2, 0.25) is 10.0 Å². The number of hydrogen-bond donors (Lipinski definition) is 1. The molecule has 0 unspecified atom stereocenters. The van der Waals surface area contributed by atoms with Gasteiger partial charge in [0.15, 0.2) is 0 Å². The lowest BCUT2D eigenvalue weighted by Gasteiger charge is -2.38. The Hall–Kier alpha value is -1.51. The van der Waals surface area contributed by atoms with Gasteiger partial charge in [-0.1, -0.05) is 53.6 Å². The Kier molecular flexibility index (Phi) is 3.39. The molecule has 0 saturated carbocycles. The van der Waals surface area contributed by atoms with E-state index in [1.165, 1.54) is 17.7 Å². The Labute approximate surface area is 138 Å². The summed E-state index contributed by atoms with van der Waals surface area (Å²) in [4.78, 5) is 0. The second-order valence-corrected chi connectivity index (χ2v) is 6.64. The van der Waals surface area contributed by atoms with Gasteiger partial charge in [-0.2, -0.15) is 0 Å². The van der Waals surface area contributed by atoms with Crippen LogP contribution in [0, 0.1) is 11.7 Å². The zero-order chi connectivity index (χ0) is 15.3. The van der Waals surface area contributed by atoms with Crippen molar-refractivity contribution in [2.75, 3.05) is 5.32 Å². The molecule has 1 aliphatic heterocycles. The number of halogens is 3. The summed E-state index contributed by atoms with van der Waals surface area (Å²) in [5.74, 6) is 0.512. The van der Waals surface area contributed by atoms with Gasteiger partial charge in [0, 0.05) is 5.92 Å². The zero-order valence-electron chi connectivity index (χ0n) is 11.7. The van der Waals surface area contributed by atoms with Crippen molar-refractivity contribution < 1.29 is 4.39 Å². The second kappa shape index (κ2) is 5.29. The summed E-state index contributed by atoms with van der Waals surface area (Å²) in [5, 5.41) is 4.64. The fourth-order valence-corrected chi connectivity index (χ4v) is 3.99. The lowest BCUT2D eigenvalue weighted by molar-refractivity contribution is 0.425. The van der Waals surface area contributed by atoms with Crippen LogP contribution in [-0.2, 0) is 0 Å². The van der Waals surface area contributed by atoms with Gasteiger partial charge in [-0.3, -0.25) is 0 Å². The van der Waals surface area contributed by atoms with E-state index in [4.69, 9.17) is 23.2 Å². The van der Waals surface area contributed by atoms with Crippen LogP contribution < -0.4 is 5.32 Å². The van der Waals surface area contributed by atoms with Crippen molar-refractivity contribution in [1.82, 2.24) is 0 Å². The fourth-order valence-electron chi connectivity index (χ4n) is 3.60. The first kappa shape index (κ1) is 14.1. The molecule has 1 nitrogen and oxygen atoms in total. The summed E-state index contributed by atoms with van der Waals surface area (Å²) in [6.07, 6.45) is 5.45. The molecule has 1 N–H and O–H groups in total. The molecule has 2 aromatic rings. The van der Waals surface area contributed by atoms with Gasteiger partial charge in [-0.05, 0) is 41.7 Å². The highest BCUT2D eigenvalue weighted by Gasteiger charge is 2.38. The highest BCUT2D eigenvalue weighted by atomic mass is 35.5. The first-order chi connectivity index (χ1) is 10.6. The Morgan fingerprint density at radius 2 is 1.82 bits per heavy atom. The van der Waals surface area contributed by atoms with Crippen molar-refractivity contribution in [1.29, 1.82) is 0 Å². The smallest absolute Gasteiger partial charge is 0.123 e. The van der Waals surface area contributed by atoms with E-state index in [0.29, 0.717) is 21.9 Å². The predicted octanol–water partition coefficient (Wildman–Crippen LogP) is 5.96. The molecular weight excluding hydrogens is 320 g/mol. The Morgan fingerprint density at radius 1 is 1.05 bits per heavy atom. The first-order valence-corrected chi connectivity index (χ1v) is 8.07. The lowest BCUT2D eigenvalue weighted by Crippen LogP contribution is -2.29. The number of benzene rings is 2. The van der Waals surface area contributed by atoms with Gasteiger partial charge in [-0.25, -0.2) is 4.39 Å². The zero-order valence-corrected chi connectivity index (χ0v) is 13.2. The SMILES string of the molecule is Fc1ccc([C@H]2Nc3c(ccc(Cl)c3Cl)[C@@H]3C=CC[C@@H]23)cc1. The predicted molar refractivity (Wildman–Crippen MR) is 89.2 cm³/mol. The molecule has 112 valence electrons. The van der Waals surface area contributed by atoms with Crippen molar-refractivity contribution in [2.45, 2.75) is 18.4 Å². The van der Waals surface area contributed by atoms with E-state index < -0.39 is 0 Å². The Bertz CT molecular complexity index is 754. The van der Waals surface area contributed by atoms with E-state index in [9.17, 15) is 4.39 Å². The van der Waals surface area contributed by atoms with Crippen molar-refractivity contribution in [3.8, 4) is 0 Å². The Morgan fingerprint density at radius 3 is 2.59 bits per heavy atom. The summed E-state index contributed by atoms with van der Waals surface area (Å²) in [6, 6.07) is 10.7. The average molecular weight is 334 g/mol. The molecule has 0 fully saturated rings. The number of nitrogens with one attached hydrogen (secondary N) is 1. The van der Waals surface area contributed by atoms with E-state index in [-0.39, 0.29) is 11.9 Å². The van der Waals surface area contributed by atoms with Gasteiger partial charge in [0.25, 0.3) is 0 Å². The van der Waals surface area contributed by atoms with Crippen molar-refractivity contribution in [3.63, 3.8) is 0 Å². The van der Waals surface area contributed by atoms with Crippen LogP contribution >= 0.6 is 23.2 Å². The molecule has 0 aromatic heterocycles. The summed E-state index contributed by atoms with van der Waals surface area (Å²) in [6.45, 7) is 0. The maximum atomic E-state index is 13.2.